The normalized spacial score (nSPS) is 23.3. The largest absolute Gasteiger partial charge is 0.459 e. The second-order valence-electron chi connectivity index (χ2n) is 8.84. The van der Waals surface area contributed by atoms with Crippen LogP contribution in [0.25, 0.3) is 0 Å². The minimum absolute atomic E-state index is 0.162. The molecule has 1 aliphatic carbocycles. The second kappa shape index (κ2) is 9.57. The molecule has 0 radical (unpaired) electrons. The molecule has 0 aromatic heterocycles. The van der Waals surface area contributed by atoms with E-state index >= 15 is 0 Å². The van der Waals surface area contributed by atoms with E-state index in [2.05, 4.69) is 4.90 Å². The van der Waals surface area contributed by atoms with Crippen LogP contribution in [0, 0.1) is 11.8 Å². The van der Waals surface area contributed by atoms with E-state index in [9.17, 15) is 9.59 Å². The van der Waals surface area contributed by atoms with Crippen molar-refractivity contribution in [1.29, 1.82) is 0 Å². The molecule has 2 fully saturated rings. The molecule has 4 nitrogen and oxygen atoms in total. The summed E-state index contributed by atoms with van der Waals surface area (Å²) in [7, 11) is 0. The van der Waals surface area contributed by atoms with Crippen molar-refractivity contribution in [2.75, 3.05) is 13.1 Å². The molecule has 1 aliphatic heterocycles. The van der Waals surface area contributed by atoms with Crippen LogP contribution in [0.3, 0.4) is 0 Å². The average molecular weight is 406 g/mol. The predicted octanol–water partition coefficient (Wildman–Crippen LogP) is 4.42. The average Bonchev–Trinajstić information content (AvgIpc) is 3.23. The summed E-state index contributed by atoms with van der Waals surface area (Å²) in [5, 5.41) is 0. The van der Waals surface area contributed by atoms with Crippen molar-refractivity contribution >= 4 is 12.3 Å². The van der Waals surface area contributed by atoms with Crippen molar-refractivity contribution in [3.05, 3.63) is 71.8 Å². The van der Waals surface area contributed by atoms with E-state index in [0.29, 0.717) is 18.3 Å². The summed E-state index contributed by atoms with van der Waals surface area (Å²) in [5.74, 6) is 0.978. The first-order valence-electron chi connectivity index (χ1n) is 11.1. The Balaban J connectivity index is 1.61. The summed E-state index contributed by atoms with van der Waals surface area (Å²) in [5.41, 5.74) is 1.08. The third-order valence-corrected chi connectivity index (χ3v) is 6.93. The first kappa shape index (κ1) is 20.8. The van der Waals surface area contributed by atoms with E-state index in [1.54, 1.807) is 0 Å². The Hall–Kier alpha value is -2.46. The van der Waals surface area contributed by atoms with Crippen molar-refractivity contribution in [3.63, 3.8) is 0 Å². The fourth-order valence-corrected chi connectivity index (χ4v) is 5.28. The smallest absolute Gasteiger partial charge is 0.327 e. The number of carbonyl (C=O) groups is 2. The Morgan fingerprint density at radius 3 is 2.07 bits per heavy atom. The Morgan fingerprint density at radius 1 is 0.933 bits per heavy atom. The molecule has 3 atom stereocenters. The number of likely N-dealkylation sites (tertiary alicyclic amines) is 1. The van der Waals surface area contributed by atoms with Gasteiger partial charge in [0, 0.05) is 25.9 Å². The number of benzene rings is 2. The lowest BCUT2D eigenvalue weighted by Crippen LogP contribution is -2.56. The van der Waals surface area contributed by atoms with Gasteiger partial charge in [-0.05, 0) is 35.8 Å². The maximum absolute atomic E-state index is 13.6. The fraction of sp³-hybridized carbons (Fsp3) is 0.462. The molecule has 0 bridgehead atoms. The van der Waals surface area contributed by atoms with Crippen LogP contribution >= 0.6 is 0 Å². The molecule has 1 saturated carbocycles. The van der Waals surface area contributed by atoms with E-state index < -0.39 is 5.54 Å². The molecular weight excluding hydrogens is 374 g/mol. The number of rotatable bonds is 8. The molecule has 0 amide bonds. The molecule has 30 heavy (non-hydrogen) atoms. The van der Waals surface area contributed by atoms with Gasteiger partial charge in [-0.3, -0.25) is 9.69 Å². The molecule has 1 saturated heterocycles. The minimum Gasteiger partial charge on any atom is -0.459 e. The number of fused-ring (bicyclic) bond motifs is 1. The molecule has 158 valence electrons. The highest BCUT2D eigenvalue weighted by atomic mass is 16.5. The van der Waals surface area contributed by atoms with Crippen molar-refractivity contribution in [1.82, 2.24) is 4.90 Å². The minimum atomic E-state index is -0.935. The van der Waals surface area contributed by atoms with Crippen molar-refractivity contribution in [2.45, 2.75) is 50.7 Å². The van der Waals surface area contributed by atoms with Gasteiger partial charge in [-0.25, -0.2) is 0 Å². The van der Waals surface area contributed by atoms with Crippen LogP contribution in [0.4, 0.5) is 0 Å². The number of nitrogens with zero attached hydrogens (tertiary/aromatic N) is 1. The van der Waals surface area contributed by atoms with Gasteiger partial charge in [0.05, 0.1) is 0 Å². The highest BCUT2D eigenvalue weighted by molar-refractivity contribution is 5.84. The zero-order chi connectivity index (χ0) is 20.8. The van der Waals surface area contributed by atoms with Gasteiger partial charge < -0.3 is 9.53 Å². The third-order valence-electron chi connectivity index (χ3n) is 6.93. The molecule has 2 aromatic rings. The summed E-state index contributed by atoms with van der Waals surface area (Å²) < 4.78 is 5.84. The van der Waals surface area contributed by atoms with Crippen LogP contribution in [0.2, 0.25) is 0 Å². The van der Waals surface area contributed by atoms with Gasteiger partial charge in [0.15, 0.2) is 0 Å². The molecule has 2 aliphatic rings. The Bertz CT molecular complexity index is 824. The predicted molar refractivity (Wildman–Crippen MR) is 117 cm³/mol. The molecule has 4 rings (SSSR count). The highest BCUT2D eigenvalue weighted by Gasteiger charge is 2.50. The van der Waals surface area contributed by atoms with Crippen molar-refractivity contribution in [3.8, 4) is 0 Å². The first-order valence-corrected chi connectivity index (χ1v) is 11.1. The van der Waals surface area contributed by atoms with Gasteiger partial charge in [-0.2, -0.15) is 0 Å². The second-order valence-corrected chi connectivity index (χ2v) is 8.84. The lowest BCUT2D eigenvalue weighted by atomic mass is 9.82. The van der Waals surface area contributed by atoms with Crippen molar-refractivity contribution in [2.24, 2.45) is 11.8 Å². The van der Waals surface area contributed by atoms with Crippen LogP contribution in [0.1, 0.15) is 43.2 Å². The third kappa shape index (κ3) is 4.49. The molecule has 0 spiro atoms. The summed E-state index contributed by atoms with van der Waals surface area (Å²) >= 11 is 0. The van der Waals surface area contributed by atoms with Crippen LogP contribution in [-0.2, 0) is 27.4 Å². The van der Waals surface area contributed by atoms with Gasteiger partial charge in [-0.1, -0.05) is 73.5 Å². The van der Waals surface area contributed by atoms with E-state index in [-0.39, 0.29) is 19.0 Å². The van der Waals surface area contributed by atoms with Gasteiger partial charge in [0.25, 0.3) is 0 Å². The quantitative estimate of drug-likeness (QED) is 0.482. The monoisotopic (exact) mass is 405 g/mol. The summed E-state index contributed by atoms with van der Waals surface area (Å²) in [6.07, 6.45) is 6.55. The highest BCUT2D eigenvalue weighted by Crippen LogP contribution is 2.41. The zero-order valence-electron chi connectivity index (χ0n) is 17.5. The molecule has 0 N–H and O–H groups in total. The number of aldehydes is 1. The first-order chi connectivity index (χ1) is 14.7. The molecule has 0 unspecified atom stereocenters. The summed E-state index contributed by atoms with van der Waals surface area (Å²) in [4.78, 5) is 27.7. The van der Waals surface area contributed by atoms with Gasteiger partial charge in [0.1, 0.15) is 18.4 Å². The number of carbonyl (C=O) groups excluding carboxylic acids is 2. The SMILES string of the molecule is O=CC[C@@](Cc1ccccc1)(C(=O)OCc1ccccc1)N1C[C@H]2CCCC[C@H]2C1. The molecule has 1 heterocycles. The Kier molecular flexibility index (Phi) is 6.63. The Labute approximate surface area is 179 Å². The van der Waals surface area contributed by atoms with E-state index in [1.165, 1.54) is 25.7 Å². The maximum atomic E-state index is 13.6. The molecular formula is C26H31NO3. The standard InChI is InChI=1S/C26H31NO3/c28-16-15-26(17-21-9-3-1-4-10-21,25(29)30-20-22-11-5-2-6-12-22)27-18-23-13-7-8-14-24(23)19-27/h1-6,9-12,16,23-24H,7-8,13-15,17-20H2/t23-,24+,26-/m1/s1. The van der Waals surface area contributed by atoms with Gasteiger partial charge in [0.2, 0.25) is 0 Å². The van der Waals surface area contributed by atoms with Crippen LogP contribution in [-0.4, -0.2) is 35.8 Å². The summed E-state index contributed by atoms with van der Waals surface area (Å²) in [6, 6.07) is 19.8. The molecule has 2 aromatic carbocycles. The van der Waals surface area contributed by atoms with Gasteiger partial charge >= 0.3 is 5.97 Å². The maximum Gasteiger partial charge on any atom is 0.327 e. The van der Waals surface area contributed by atoms with E-state index in [4.69, 9.17) is 4.74 Å². The topological polar surface area (TPSA) is 46.6 Å². The van der Waals surface area contributed by atoms with Gasteiger partial charge in [-0.15, -0.1) is 0 Å². The lowest BCUT2D eigenvalue weighted by Gasteiger charge is -2.39. The zero-order valence-corrected chi connectivity index (χ0v) is 17.5. The van der Waals surface area contributed by atoms with Crippen LogP contribution < -0.4 is 0 Å². The molecule has 4 heteroatoms. The van der Waals surface area contributed by atoms with Crippen LogP contribution in [0.5, 0.6) is 0 Å². The van der Waals surface area contributed by atoms with Crippen molar-refractivity contribution < 1.29 is 14.3 Å². The number of hydrogen-bond donors (Lipinski definition) is 0. The number of esters is 1. The summed E-state index contributed by atoms with van der Waals surface area (Å²) in [6.45, 7) is 1.99. The van der Waals surface area contributed by atoms with E-state index in [1.807, 2.05) is 60.7 Å². The number of hydrogen-bond acceptors (Lipinski definition) is 4. The fourth-order valence-electron chi connectivity index (χ4n) is 5.28. The Morgan fingerprint density at radius 2 is 1.50 bits per heavy atom. The lowest BCUT2D eigenvalue weighted by molar-refractivity contribution is -0.161. The van der Waals surface area contributed by atoms with Crippen LogP contribution in [0.15, 0.2) is 60.7 Å². The number of ether oxygens (including phenoxy) is 1. The van der Waals surface area contributed by atoms with E-state index in [0.717, 1.165) is 30.5 Å².